The van der Waals surface area contributed by atoms with Gasteiger partial charge in [-0.2, -0.15) is 5.26 Å². The van der Waals surface area contributed by atoms with Gasteiger partial charge >= 0.3 is 0 Å². The fourth-order valence-corrected chi connectivity index (χ4v) is 4.49. The van der Waals surface area contributed by atoms with Crippen LogP contribution < -0.4 is 0 Å². The van der Waals surface area contributed by atoms with E-state index in [0.717, 1.165) is 32.2 Å². The van der Waals surface area contributed by atoms with Crippen LogP contribution in [0.2, 0.25) is 0 Å². The summed E-state index contributed by atoms with van der Waals surface area (Å²) in [5.74, 6) is 0.274. The Morgan fingerprint density at radius 3 is 2.38 bits per heavy atom. The van der Waals surface area contributed by atoms with Gasteiger partial charge in [0.05, 0.1) is 5.56 Å². The Morgan fingerprint density at radius 2 is 1.77 bits per heavy atom. The minimum absolute atomic E-state index is 0.0360. The standard InChI is InChI=1S/C21H22N4O/c22-11-20-23-12-17(13-24-20)21(26)16-9-18-7-4-8-19(10-16)25(18)14-15-5-2-1-3-6-15/h1-3,5-6,12-13,16,18-19H,4,7-10,14H2. The molecule has 2 unspecified atom stereocenters. The molecule has 2 fully saturated rings. The van der Waals surface area contributed by atoms with Gasteiger partial charge in [-0.1, -0.05) is 36.8 Å². The zero-order valence-electron chi connectivity index (χ0n) is 14.7. The first-order valence-electron chi connectivity index (χ1n) is 9.30. The molecule has 2 saturated heterocycles. The number of hydrogen-bond acceptors (Lipinski definition) is 5. The van der Waals surface area contributed by atoms with Gasteiger partial charge in [-0.3, -0.25) is 9.69 Å². The van der Waals surface area contributed by atoms with E-state index < -0.39 is 0 Å². The molecule has 5 nitrogen and oxygen atoms in total. The number of Topliss-reactive ketones (excluding diaryl/α,β-unsaturated/α-hetero) is 1. The van der Waals surface area contributed by atoms with Crippen molar-refractivity contribution in [1.82, 2.24) is 14.9 Å². The molecule has 0 saturated carbocycles. The Kier molecular flexibility index (Phi) is 4.77. The zero-order valence-corrected chi connectivity index (χ0v) is 14.7. The Bertz CT molecular complexity index is 798. The van der Waals surface area contributed by atoms with Gasteiger partial charge in [-0.25, -0.2) is 9.97 Å². The summed E-state index contributed by atoms with van der Waals surface area (Å²) < 4.78 is 0. The average molecular weight is 346 g/mol. The van der Waals surface area contributed by atoms with Gasteiger partial charge < -0.3 is 0 Å². The summed E-state index contributed by atoms with van der Waals surface area (Å²) in [6.45, 7) is 0.969. The van der Waals surface area contributed by atoms with Crippen LogP contribution in [0.15, 0.2) is 42.7 Å². The van der Waals surface area contributed by atoms with Gasteiger partial charge in [0.15, 0.2) is 5.78 Å². The van der Waals surface area contributed by atoms with Crippen molar-refractivity contribution in [3.63, 3.8) is 0 Å². The molecule has 4 rings (SSSR count). The van der Waals surface area contributed by atoms with Gasteiger partial charge in [0.25, 0.3) is 0 Å². The molecule has 1 aromatic heterocycles. The van der Waals surface area contributed by atoms with Gasteiger partial charge in [0.2, 0.25) is 5.82 Å². The summed E-state index contributed by atoms with van der Waals surface area (Å²) >= 11 is 0. The van der Waals surface area contributed by atoms with Crippen LogP contribution in [-0.4, -0.2) is 32.7 Å². The lowest BCUT2D eigenvalue weighted by molar-refractivity contribution is 0.00904. The minimum atomic E-state index is 0.0360. The fraction of sp³-hybridized carbons (Fsp3) is 0.429. The van der Waals surface area contributed by atoms with Crippen LogP contribution in [0.4, 0.5) is 0 Å². The number of ketones is 1. The molecule has 0 N–H and O–H groups in total. The van der Waals surface area contributed by atoms with Crippen LogP contribution >= 0.6 is 0 Å². The Morgan fingerprint density at radius 1 is 1.12 bits per heavy atom. The molecule has 0 aliphatic carbocycles. The van der Waals surface area contributed by atoms with Crippen molar-refractivity contribution >= 4 is 5.78 Å². The second kappa shape index (κ2) is 7.35. The monoisotopic (exact) mass is 346 g/mol. The number of hydrogen-bond donors (Lipinski definition) is 0. The normalized spacial score (nSPS) is 25.4. The van der Waals surface area contributed by atoms with Crippen molar-refractivity contribution in [3.05, 3.63) is 59.7 Å². The molecule has 0 spiro atoms. The van der Waals surface area contributed by atoms with E-state index in [4.69, 9.17) is 5.26 Å². The summed E-state index contributed by atoms with van der Waals surface area (Å²) in [6, 6.07) is 13.4. The quantitative estimate of drug-likeness (QED) is 0.794. The summed E-state index contributed by atoms with van der Waals surface area (Å²) in [5.41, 5.74) is 1.87. The number of carbonyl (C=O) groups is 1. The predicted octanol–water partition coefficient (Wildman–Crippen LogP) is 3.36. The average Bonchev–Trinajstić information content (AvgIpc) is 2.68. The van der Waals surface area contributed by atoms with Crippen molar-refractivity contribution in [1.29, 1.82) is 5.26 Å². The SMILES string of the molecule is N#Cc1ncc(C(=O)C2CC3CCCC(C2)N3Cc2ccccc2)cn1. The number of nitrogens with zero attached hydrogens (tertiary/aromatic N) is 4. The van der Waals surface area contributed by atoms with Crippen LogP contribution in [0.25, 0.3) is 0 Å². The third kappa shape index (κ3) is 3.38. The lowest BCUT2D eigenvalue weighted by Crippen LogP contribution is -2.52. The molecule has 2 aromatic rings. The molecule has 0 amide bonds. The van der Waals surface area contributed by atoms with Gasteiger partial charge in [0.1, 0.15) is 6.07 Å². The molecule has 2 aliphatic rings. The van der Waals surface area contributed by atoms with Crippen molar-refractivity contribution < 1.29 is 4.79 Å². The van der Waals surface area contributed by atoms with Crippen molar-refractivity contribution in [3.8, 4) is 6.07 Å². The Labute approximate surface area is 153 Å². The second-order valence-corrected chi connectivity index (χ2v) is 7.34. The minimum Gasteiger partial charge on any atom is -0.294 e. The van der Waals surface area contributed by atoms with Crippen LogP contribution in [0, 0.1) is 17.2 Å². The number of nitriles is 1. The van der Waals surface area contributed by atoms with E-state index >= 15 is 0 Å². The molecule has 26 heavy (non-hydrogen) atoms. The number of rotatable bonds is 4. The summed E-state index contributed by atoms with van der Waals surface area (Å²) in [5, 5.41) is 8.81. The van der Waals surface area contributed by atoms with Crippen LogP contribution in [-0.2, 0) is 6.54 Å². The maximum atomic E-state index is 12.9. The van der Waals surface area contributed by atoms with E-state index in [1.807, 2.05) is 6.07 Å². The van der Waals surface area contributed by atoms with Gasteiger partial charge in [-0.15, -0.1) is 0 Å². The summed E-state index contributed by atoms with van der Waals surface area (Å²) in [7, 11) is 0. The molecular weight excluding hydrogens is 324 g/mol. The van der Waals surface area contributed by atoms with Crippen molar-refractivity contribution in [2.24, 2.45) is 5.92 Å². The molecule has 2 aliphatic heterocycles. The van der Waals surface area contributed by atoms with Crippen LogP contribution in [0.3, 0.4) is 0 Å². The predicted molar refractivity (Wildman–Crippen MR) is 97.2 cm³/mol. The highest BCUT2D eigenvalue weighted by molar-refractivity contribution is 5.97. The highest BCUT2D eigenvalue weighted by atomic mass is 16.1. The number of aromatic nitrogens is 2. The molecule has 132 valence electrons. The number of carbonyl (C=O) groups excluding carboxylic acids is 1. The third-order valence-electron chi connectivity index (χ3n) is 5.74. The van der Waals surface area contributed by atoms with E-state index in [1.165, 1.54) is 24.4 Å². The second-order valence-electron chi connectivity index (χ2n) is 7.34. The van der Waals surface area contributed by atoms with E-state index in [0.29, 0.717) is 17.6 Å². The van der Waals surface area contributed by atoms with E-state index in [1.54, 1.807) is 0 Å². The lowest BCUT2D eigenvalue weighted by atomic mass is 9.75. The summed E-state index contributed by atoms with van der Waals surface area (Å²) in [6.07, 6.45) is 8.39. The molecule has 3 heterocycles. The largest absolute Gasteiger partial charge is 0.294 e. The first kappa shape index (κ1) is 16.9. The lowest BCUT2D eigenvalue weighted by Gasteiger charge is -2.48. The first-order chi connectivity index (χ1) is 12.7. The first-order valence-corrected chi connectivity index (χ1v) is 9.30. The van der Waals surface area contributed by atoms with Crippen molar-refractivity contribution in [2.45, 2.75) is 50.7 Å². The smallest absolute Gasteiger partial charge is 0.232 e. The van der Waals surface area contributed by atoms with Gasteiger partial charge in [-0.05, 0) is 31.2 Å². The number of piperidine rings is 2. The van der Waals surface area contributed by atoms with Crippen LogP contribution in [0.5, 0.6) is 0 Å². The number of fused-ring (bicyclic) bond motifs is 2. The maximum absolute atomic E-state index is 12.9. The van der Waals surface area contributed by atoms with E-state index in [9.17, 15) is 4.79 Å². The van der Waals surface area contributed by atoms with Crippen molar-refractivity contribution in [2.75, 3.05) is 0 Å². The van der Waals surface area contributed by atoms with E-state index in [-0.39, 0.29) is 17.5 Å². The molecule has 2 bridgehead atoms. The highest BCUT2D eigenvalue weighted by Crippen LogP contribution is 2.39. The molecule has 1 aromatic carbocycles. The molecular formula is C21H22N4O. The molecule has 5 heteroatoms. The molecule has 2 atom stereocenters. The zero-order chi connectivity index (χ0) is 17.9. The molecule has 0 radical (unpaired) electrons. The Hall–Kier alpha value is -2.58. The number of benzene rings is 1. The third-order valence-corrected chi connectivity index (χ3v) is 5.74. The van der Waals surface area contributed by atoms with E-state index in [2.05, 4.69) is 45.2 Å². The van der Waals surface area contributed by atoms with Gasteiger partial charge in [0, 0.05) is 36.9 Å². The summed E-state index contributed by atoms with van der Waals surface area (Å²) in [4.78, 5) is 23.4. The van der Waals surface area contributed by atoms with Crippen LogP contribution in [0.1, 0.15) is 53.8 Å². The Balaban J connectivity index is 1.48. The highest BCUT2D eigenvalue weighted by Gasteiger charge is 2.40. The fourth-order valence-electron chi connectivity index (χ4n) is 4.49. The maximum Gasteiger partial charge on any atom is 0.232 e. The topological polar surface area (TPSA) is 69.9 Å².